The highest BCUT2D eigenvalue weighted by atomic mass is 79.9. The molecule has 0 radical (unpaired) electrons. The number of rotatable bonds is 1. The molecule has 3 nitrogen and oxygen atoms in total. The largest absolute Gasteiger partial charge is 0.398 e. The minimum absolute atomic E-state index is 0.197. The van der Waals surface area contributed by atoms with Crippen LogP contribution in [0.15, 0.2) is 40.9 Å². The first kappa shape index (κ1) is 13.1. The fourth-order valence-electron chi connectivity index (χ4n) is 2.49. The zero-order valence-electron chi connectivity index (χ0n) is 10.6. The van der Waals surface area contributed by atoms with Gasteiger partial charge in [-0.25, -0.2) is 4.39 Å². The van der Waals surface area contributed by atoms with Crippen LogP contribution in [0.5, 0.6) is 0 Å². The van der Waals surface area contributed by atoms with E-state index in [1.807, 2.05) is 18.2 Å². The van der Waals surface area contributed by atoms with E-state index in [9.17, 15) is 9.18 Å². The third kappa shape index (κ3) is 1.98. The van der Waals surface area contributed by atoms with Crippen molar-refractivity contribution in [1.29, 1.82) is 0 Å². The normalized spacial score (nSPS) is 13.4. The fourth-order valence-corrected chi connectivity index (χ4v) is 2.92. The predicted molar refractivity (Wildman–Crippen MR) is 80.3 cm³/mol. The van der Waals surface area contributed by atoms with Gasteiger partial charge in [0.1, 0.15) is 5.82 Å². The van der Waals surface area contributed by atoms with E-state index in [0.717, 1.165) is 17.7 Å². The molecule has 1 aliphatic rings. The molecule has 0 fully saturated rings. The van der Waals surface area contributed by atoms with Crippen LogP contribution in [0.3, 0.4) is 0 Å². The van der Waals surface area contributed by atoms with Crippen molar-refractivity contribution in [3.63, 3.8) is 0 Å². The zero-order chi connectivity index (χ0) is 14.3. The molecule has 2 N–H and O–H groups in total. The minimum Gasteiger partial charge on any atom is -0.398 e. The summed E-state index contributed by atoms with van der Waals surface area (Å²) in [5, 5.41) is 0. The summed E-state index contributed by atoms with van der Waals surface area (Å²) in [7, 11) is 0. The number of anilines is 2. The summed E-state index contributed by atoms with van der Waals surface area (Å²) >= 11 is 3.14. The smallest absolute Gasteiger partial charge is 0.259 e. The lowest BCUT2D eigenvalue weighted by Crippen LogP contribution is -2.29. The van der Waals surface area contributed by atoms with Gasteiger partial charge in [0.15, 0.2) is 0 Å². The van der Waals surface area contributed by atoms with Crippen molar-refractivity contribution < 1.29 is 9.18 Å². The van der Waals surface area contributed by atoms with E-state index in [0.29, 0.717) is 17.8 Å². The van der Waals surface area contributed by atoms with Gasteiger partial charge in [-0.15, -0.1) is 0 Å². The molecule has 5 heteroatoms. The van der Waals surface area contributed by atoms with E-state index >= 15 is 0 Å². The number of amides is 1. The zero-order valence-corrected chi connectivity index (χ0v) is 12.2. The van der Waals surface area contributed by atoms with Crippen LogP contribution >= 0.6 is 15.9 Å². The highest BCUT2D eigenvalue weighted by Gasteiger charge is 2.28. The van der Waals surface area contributed by atoms with Gasteiger partial charge in [0.05, 0.1) is 10.0 Å². The van der Waals surface area contributed by atoms with Gasteiger partial charge in [-0.3, -0.25) is 4.79 Å². The van der Waals surface area contributed by atoms with Gasteiger partial charge in [-0.05, 0) is 46.6 Å². The van der Waals surface area contributed by atoms with Crippen LogP contribution in [0.1, 0.15) is 15.9 Å². The summed E-state index contributed by atoms with van der Waals surface area (Å²) in [6.45, 7) is 0.561. The molecule has 0 saturated carbocycles. The van der Waals surface area contributed by atoms with Gasteiger partial charge in [-0.2, -0.15) is 0 Å². The third-order valence-corrected chi connectivity index (χ3v) is 4.30. The van der Waals surface area contributed by atoms with Crippen molar-refractivity contribution in [2.45, 2.75) is 6.42 Å². The summed E-state index contributed by atoms with van der Waals surface area (Å²) in [6, 6.07) is 9.97. The average Bonchev–Trinajstić information content (AvgIpc) is 2.86. The molecule has 1 amide bonds. The van der Waals surface area contributed by atoms with Crippen molar-refractivity contribution in [3.05, 3.63) is 57.8 Å². The Morgan fingerprint density at radius 2 is 2.00 bits per heavy atom. The number of benzene rings is 2. The van der Waals surface area contributed by atoms with Gasteiger partial charge in [-0.1, -0.05) is 12.1 Å². The molecule has 0 bridgehead atoms. The van der Waals surface area contributed by atoms with E-state index in [4.69, 9.17) is 5.73 Å². The Morgan fingerprint density at radius 3 is 2.80 bits per heavy atom. The number of nitrogens with two attached hydrogens (primary N) is 1. The Balaban J connectivity index is 2.02. The Bertz CT molecular complexity index is 702. The molecule has 20 heavy (non-hydrogen) atoms. The van der Waals surface area contributed by atoms with E-state index in [2.05, 4.69) is 15.9 Å². The van der Waals surface area contributed by atoms with Crippen molar-refractivity contribution in [2.24, 2.45) is 0 Å². The molecule has 0 atom stereocenters. The van der Waals surface area contributed by atoms with E-state index in [1.165, 1.54) is 12.1 Å². The highest BCUT2D eigenvalue weighted by molar-refractivity contribution is 9.10. The lowest BCUT2D eigenvalue weighted by Gasteiger charge is -2.18. The fraction of sp³-hybridized carbons (Fsp3) is 0.133. The van der Waals surface area contributed by atoms with Crippen LogP contribution in [0.4, 0.5) is 15.8 Å². The minimum atomic E-state index is -0.442. The van der Waals surface area contributed by atoms with Gasteiger partial charge >= 0.3 is 0 Å². The first-order valence-corrected chi connectivity index (χ1v) is 7.02. The average molecular weight is 335 g/mol. The standard InChI is InChI=1S/C15H12BrFN2O/c16-14-10(3-1-4-11(14)17)15(20)19-8-7-9-12(18)5-2-6-13(9)19/h1-6H,7-8,18H2. The summed E-state index contributed by atoms with van der Waals surface area (Å²) in [5.74, 6) is -0.663. The number of hydrogen-bond donors (Lipinski definition) is 1. The molecular formula is C15H12BrFN2O. The second-order valence-corrected chi connectivity index (χ2v) is 5.45. The second kappa shape index (κ2) is 4.90. The molecule has 0 aromatic heterocycles. The SMILES string of the molecule is Nc1cccc2c1CCN2C(=O)c1cccc(F)c1Br. The molecule has 102 valence electrons. The molecule has 0 unspecified atom stereocenters. The maximum Gasteiger partial charge on any atom is 0.259 e. The summed E-state index contributed by atoms with van der Waals surface area (Å²) in [4.78, 5) is 14.2. The van der Waals surface area contributed by atoms with Crippen LogP contribution < -0.4 is 10.6 Å². The highest BCUT2D eigenvalue weighted by Crippen LogP contribution is 2.34. The van der Waals surface area contributed by atoms with Crippen molar-refractivity contribution in [3.8, 4) is 0 Å². The molecular weight excluding hydrogens is 323 g/mol. The topological polar surface area (TPSA) is 46.3 Å². The van der Waals surface area contributed by atoms with E-state index in [-0.39, 0.29) is 10.4 Å². The van der Waals surface area contributed by atoms with Crippen LogP contribution in [0.25, 0.3) is 0 Å². The quantitative estimate of drug-likeness (QED) is 0.812. The molecule has 0 aliphatic carbocycles. The van der Waals surface area contributed by atoms with Crippen LogP contribution in [0, 0.1) is 5.82 Å². The monoisotopic (exact) mass is 334 g/mol. The number of carbonyl (C=O) groups excluding carboxylic acids is 1. The van der Waals surface area contributed by atoms with Gasteiger partial charge in [0.2, 0.25) is 0 Å². The second-order valence-electron chi connectivity index (χ2n) is 4.65. The summed E-state index contributed by atoms with van der Waals surface area (Å²) < 4.78 is 13.7. The Hall–Kier alpha value is -1.88. The van der Waals surface area contributed by atoms with Gasteiger partial charge in [0.25, 0.3) is 5.91 Å². The first-order valence-electron chi connectivity index (χ1n) is 6.23. The Labute approximate surface area is 124 Å². The number of fused-ring (bicyclic) bond motifs is 1. The molecule has 1 aliphatic heterocycles. The molecule has 2 aromatic carbocycles. The maximum atomic E-state index is 13.5. The van der Waals surface area contributed by atoms with Crippen LogP contribution in [0.2, 0.25) is 0 Å². The summed E-state index contributed by atoms with van der Waals surface area (Å²) in [5.41, 5.74) is 8.72. The van der Waals surface area contributed by atoms with E-state index < -0.39 is 5.82 Å². The van der Waals surface area contributed by atoms with Crippen molar-refractivity contribution in [2.75, 3.05) is 17.2 Å². The molecule has 3 rings (SSSR count). The Morgan fingerprint density at radius 1 is 1.25 bits per heavy atom. The van der Waals surface area contributed by atoms with Crippen molar-refractivity contribution in [1.82, 2.24) is 0 Å². The van der Waals surface area contributed by atoms with Gasteiger partial charge in [0, 0.05) is 23.5 Å². The number of halogens is 2. The summed E-state index contributed by atoms with van der Waals surface area (Å²) in [6.07, 6.45) is 0.723. The number of hydrogen-bond acceptors (Lipinski definition) is 2. The molecule has 2 aromatic rings. The molecule has 0 spiro atoms. The number of nitrogens with zero attached hydrogens (tertiary/aromatic N) is 1. The van der Waals surface area contributed by atoms with Crippen LogP contribution in [-0.4, -0.2) is 12.5 Å². The van der Waals surface area contributed by atoms with Gasteiger partial charge < -0.3 is 10.6 Å². The number of carbonyl (C=O) groups is 1. The third-order valence-electron chi connectivity index (χ3n) is 3.49. The Kier molecular flexibility index (Phi) is 3.22. The number of nitrogen functional groups attached to an aromatic ring is 1. The lowest BCUT2D eigenvalue weighted by molar-refractivity contribution is 0.0988. The lowest BCUT2D eigenvalue weighted by atomic mass is 10.1. The molecule has 0 saturated heterocycles. The maximum absolute atomic E-state index is 13.5. The molecule has 1 heterocycles. The van der Waals surface area contributed by atoms with E-state index in [1.54, 1.807) is 11.0 Å². The van der Waals surface area contributed by atoms with Crippen molar-refractivity contribution >= 4 is 33.2 Å². The van der Waals surface area contributed by atoms with Crippen LogP contribution in [-0.2, 0) is 6.42 Å². The predicted octanol–water partition coefficient (Wildman–Crippen LogP) is 3.37. The first-order chi connectivity index (χ1) is 9.59.